The van der Waals surface area contributed by atoms with Crippen molar-refractivity contribution in [2.75, 3.05) is 24.6 Å². The van der Waals surface area contributed by atoms with Gasteiger partial charge in [0.05, 0.1) is 12.0 Å². The molecular formula is C19H25N3O. The first-order valence-corrected chi connectivity index (χ1v) is 8.48. The van der Waals surface area contributed by atoms with E-state index in [1.165, 1.54) is 5.71 Å². The van der Waals surface area contributed by atoms with Gasteiger partial charge >= 0.3 is 0 Å². The van der Waals surface area contributed by atoms with Gasteiger partial charge in [0.25, 0.3) is 0 Å². The fraction of sp³-hybridized carbons (Fsp3) is 0.421. The molecule has 0 aliphatic carbocycles. The van der Waals surface area contributed by atoms with Crippen LogP contribution < -0.4 is 5.01 Å². The molecule has 1 aliphatic heterocycles. The summed E-state index contributed by atoms with van der Waals surface area (Å²) in [6.45, 7) is 7.67. The minimum absolute atomic E-state index is 0.166. The Bertz CT molecular complexity index is 617. The molecule has 23 heavy (non-hydrogen) atoms. The summed E-state index contributed by atoms with van der Waals surface area (Å²) >= 11 is 0. The van der Waals surface area contributed by atoms with Gasteiger partial charge in [-0.2, -0.15) is 5.10 Å². The van der Waals surface area contributed by atoms with Gasteiger partial charge in [-0.1, -0.05) is 32.0 Å². The van der Waals surface area contributed by atoms with Crippen LogP contribution in [0.1, 0.15) is 38.5 Å². The molecule has 1 aliphatic rings. The van der Waals surface area contributed by atoms with Gasteiger partial charge in [-0.25, -0.2) is 0 Å². The Hall–Kier alpha value is -2.07. The summed E-state index contributed by atoms with van der Waals surface area (Å²) in [5.74, 6) is 0.982. The van der Waals surface area contributed by atoms with Crippen molar-refractivity contribution in [3.63, 3.8) is 0 Å². The van der Waals surface area contributed by atoms with E-state index in [2.05, 4.69) is 48.0 Å². The Kier molecular flexibility index (Phi) is 5.13. The van der Waals surface area contributed by atoms with Gasteiger partial charge in [0.15, 0.2) is 0 Å². The third kappa shape index (κ3) is 3.64. The fourth-order valence-electron chi connectivity index (χ4n) is 3.07. The molecule has 1 atom stereocenters. The number of hydrazone groups is 1. The van der Waals surface area contributed by atoms with Gasteiger partial charge in [-0.3, -0.25) is 5.01 Å². The zero-order chi connectivity index (χ0) is 16.1. The van der Waals surface area contributed by atoms with Crippen molar-refractivity contribution in [2.24, 2.45) is 5.10 Å². The van der Waals surface area contributed by atoms with E-state index in [9.17, 15) is 0 Å². The lowest BCUT2D eigenvalue weighted by molar-refractivity contribution is 0.313. The molecule has 0 N–H and O–H groups in total. The summed E-state index contributed by atoms with van der Waals surface area (Å²) in [5.41, 5.74) is 2.37. The van der Waals surface area contributed by atoms with Crippen LogP contribution in [0.2, 0.25) is 0 Å². The van der Waals surface area contributed by atoms with Gasteiger partial charge in [0, 0.05) is 25.1 Å². The van der Waals surface area contributed by atoms with Crippen LogP contribution in [0.3, 0.4) is 0 Å². The van der Waals surface area contributed by atoms with Crippen LogP contribution in [-0.2, 0) is 0 Å². The van der Waals surface area contributed by atoms with Crippen LogP contribution in [-0.4, -0.2) is 30.2 Å². The van der Waals surface area contributed by atoms with Crippen molar-refractivity contribution in [3.8, 4) is 0 Å². The Morgan fingerprint density at radius 1 is 1.13 bits per heavy atom. The highest BCUT2D eigenvalue weighted by Gasteiger charge is 2.30. The van der Waals surface area contributed by atoms with E-state index in [4.69, 9.17) is 9.52 Å². The average molecular weight is 311 g/mol. The number of anilines is 1. The maximum Gasteiger partial charge on any atom is 0.128 e. The number of benzene rings is 1. The molecule has 2 aromatic rings. The van der Waals surface area contributed by atoms with Crippen molar-refractivity contribution < 1.29 is 4.42 Å². The molecule has 4 heteroatoms. The van der Waals surface area contributed by atoms with E-state index in [0.717, 1.165) is 43.9 Å². The number of hydrogen-bond donors (Lipinski definition) is 0. The maximum atomic E-state index is 5.66. The summed E-state index contributed by atoms with van der Waals surface area (Å²) < 4.78 is 5.66. The second-order valence-corrected chi connectivity index (χ2v) is 5.86. The molecule has 4 nitrogen and oxygen atoms in total. The molecule has 1 aromatic carbocycles. The number of furan rings is 1. The second kappa shape index (κ2) is 7.47. The summed E-state index contributed by atoms with van der Waals surface area (Å²) in [6, 6.07) is 14.5. The third-order valence-electron chi connectivity index (χ3n) is 4.48. The summed E-state index contributed by atoms with van der Waals surface area (Å²) in [5, 5.41) is 7.01. The molecule has 0 saturated heterocycles. The first-order chi connectivity index (χ1) is 11.3. The van der Waals surface area contributed by atoms with Crippen LogP contribution >= 0.6 is 0 Å². The molecule has 0 fully saturated rings. The zero-order valence-electron chi connectivity index (χ0n) is 14.0. The van der Waals surface area contributed by atoms with Gasteiger partial charge in [0.1, 0.15) is 11.8 Å². The van der Waals surface area contributed by atoms with Crippen molar-refractivity contribution in [1.82, 2.24) is 4.90 Å². The lowest BCUT2D eigenvalue weighted by Gasteiger charge is -2.21. The largest absolute Gasteiger partial charge is 0.467 e. The van der Waals surface area contributed by atoms with Crippen molar-refractivity contribution in [2.45, 2.75) is 32.7 Å². The highest BCUT2D eigenvalue weighted by molar-refractivity contribution is 5.89. The molecule has 0 spiro atoms. The standard InChI is InChI=1S/C19H25N3O/c1-3-21(4-2)13-12-16-15-18(19-11-8-14-23-19)22(20-16)17-9-6-5-7-10-17/h5-11,14,18H,3-4,12-13,15H2,1-2H3. The maximum absolute atomic E-state index is 5.66. The second-order valence-electron chi connectivity index (χ2n) is 5.86. The summed E-state index contributed by atoms with van der Waals surface area (Å²) in [7, 11) is 0. The van der Waals surface area contributed by atoms with Crippen LogP contribution in [0.25, 0.3) is 0 Å². The molecular weight excluding hydrogens is 286 g/mol. The topological polar surface area (TPSA) is 32.0 Å². The van der Waals surface area contributed by atoms with Crippen molar-refractivity contribution in [3.05, 3.63) is 54.5 Å². The molecule has 1 unspecified atom stereocenters. The lowest BCUT2D eigenvalue weighted by Crippen LogP contribution is -2.25. The zero-order valence-corrected chi connectivity index (χ0v) is 14.0. The first kappa shape index (κ1) is 15.8. The molecule has 0 amide bonds. The number of rotatable bonds is 7. The predicted octanol–water partition coefficient (Wildman–Crippen LogP) is 4.32. The van der Waals surface area contributed by atoms with Crippen LogP contribution in [0.15, 0.2) is 58.2 Å². The normalized spacial score (nSPS) is 17.8. The van der Waals surface area contributed by atoms with Gasteiger partial charge < -0.3 is 9.32 Å². The molecule has 0 radical (unpaired) electrons. The quantitative estimate of drug-likeness (QED) is 0.763. The van der Waals surface area contributed by atoms with E-state index < -0.39 is 0 Å². The third-order valence-corrected chi connectivity index (χ3v) is 4.48. The number of para-hydroxylation sites is 1. The highest BCUT2D eigenvalue weighted by atomic mass is 16.3. The Morgan fingerprint density at radius 3 is 2.57 bits per heavy atom. The minimum atomic E-state index is 0.166. The van der Waals surface area contributed by atoms with Gasteiger partial charge in [0.2, 0.25) is 0 Å². The van der Waals surface area contributed by atoms with Crippen molar-refractivity contribution in [1.29, 1.82) is 0 Å². The molecule has 3 rings (SSSR count). The number of nitrogens with zero attached hydrogens (tertiary/aromatic N) is 3. The van der Waals surface area contributed by atoms with E-state index in [-0.39, 0.29) is 6.04 Å². The van der Waals surface area contributed by atoms with E-state index in [1.807, 2.05) is 18.2 Å². The number of hydrogen-bond acceptors (Lipinski definition) is 4. The van der Waals surface area contributed by atoms with Crippen LogP contribution in [0.5, 0.6) is 0 Å². The summed E-state index contributed by atoms with van der Waals surface area (Å²) in [6.07, 6.45) is 3.69. The Labute approximate surface area is 138 Å². The molecule has 0 bridgehead atoms. The van der Waals surface area contributed by atoms with Crippen LogP contribution in [0.4, 0.5) is 5.69 Å². The molecule has 2 heterocycles. The molecule has 1 aromatic heterocycles. The van der Waals surface area contributed by atoms with E-state index >= 15 is 0 Å². The van der Waals surface area contributed by atoms with Crippen LogP contribution in [0, 0.1) is 0 Å². The minimum Gasteiger partial charge on any atom is -0.467 e. The smallest absolute Gasteiger partial charge is 0.128 e. The first-order valence-electron chi connectivity index (χ1n) is 8.48. The summed E-state index contributed by atoms with van der Waals surface area (Å²) in [4.78, 5) is 2.44. The SMILES string of the molecule is CCN(CC)CCC1=NN(c2ccccc2)C(c2ccco2)C1. The Morgan fingerprint density at radius 2 is 1.91 bits per heavy atom. The van der Waals surface area contributed by atoms with Gasteiger partial charge in [-0.05, 0) is 37.4 Å². The van der Waals surface area contributed by atoms with Gasteiger partial charge in [-0.15, -0.1) is 0 Å². The van der Waals surface area contributed by atoms with E-state index in [0.29, 0.717) is 0 Å². The van der Waals surface area contributed by atoms with E-state index in [1.54, 1.807) is 6.26 Å². The monoisotopic (exact) mass is 311 g/mol. The van der Waals surface area contributed by atoms with Crippen molar-refractivity contribution >= 4 is 11.4 Å². The fourth-order valence-corrected chi connectivity index (χ4v) is 3.07. The Balaban J connectivity index is 1.77. The molecule has 122 valence electrons. The average Bonchev–Trinajstić information content (AvgIpc) is 3.26. The highest BCUT2D eigenvalue weighted by Crippen LogP contribution is 2.35. The molecule has 0 saturated carbocycles. The predicted molar refractivity (Wildman–Crippen MR) is 94.8 cm³/mol. The lowest BCUT2D eigenvalue weighted by atomic mass is 10.1.